The van der Waals surface area contributed by atoms with Crippen LogP contribution in [0.3, 0.4) is 0 Å². The maximum atomic E-state index is 6.00. The monoisotopic (exact) mass is 370 g/mol. The van der Waals surface area contributed by atoms with Gasteiger partial charge in [0.25, 0.3) is 0 Å². The van der Waals surface area contributed by atoms with Gasteiger partial charge in [-0.05, 0) is 36.8 Å². The molecule has 2 aromatic heterocycles. The fourth-order valence-corrected chi connectivity index (χ4v) is 4.33. The van der Waals surface area contributed by atoms with Crippen LogP contribution in [0.5, 0.6) is 0 Å². The molecular weight excluding hydrogens is 340 g/mol. The number of hydrogen-bond acceptors (Lipinski definition) is 4. The van der Waals surface area contributed by atoms with Gasteiger partial charge in [-0.15, -0.1) is 11.3 Å². The minimum atomic E-state index is 0.299. The third-order valence-corrected chi connectivity index (χ3v) is 5.54. The van der Waals surface area contributed by atoms with Crippen molar-refractivity contribution in [2.75, 3.05) is 11.9 Å². The molecule has 0 saturated carbocycles. The summed E-state index contributed by atoms with van der Waals surface area (Å²) in [5.74, 6) is 2.61. The number of hydrogen-bond donors (Lipinski definition) is 1. The molecule has 0 aliphatic rings. The van der Waals surface area contributed by atoms with Crippen LogP contribution in [-0.2, 0) is 12.8 Å². The van der Waals surface area contributed by atoms with Gasteiger partial charge in [-0.2, -0.15) is 0 Å². The zero-order chi connectivity index (χ0) is 18.7. The van der Waals surface area contributed by atoms with Crippen LogP contribution in [0.1, 0.15) is 56.9 Å². The summed E-state index contributed by atoms with van der Waals surface area (Å²) < 4.78 is 6.00. The minimum absolute atomic E-state index is 0.299. The maximum Gasteiger partial charge on any atom is 0.183 e. The molecule has 0 aliphatic heterocycles. The number of furan rings is 1. The lowest BCUT2D eigenvalue weighted by Gasteiger charge is -2.08. The first-order valence-corrected chi connectivity index (χ1v) is 10.4. The van der Waals surface area contributed by atoms with Crippen molar-refractivity contribution in [2.45, 2.75) is 53.4 Å². The van der Waals surface area contributed by atoms with Crippen molar-refractivity contribution < 1.29 is 4.42 Å². The highest BCUT2D eigenvalue weighted by Gasteiger charge is 2.16. The lowest BCUT2D eigenvalue weighted by atomic mass is 10.0. The van der Waals surface area contributed by atoms with Gasteiger partial charge in [0.15, 0.2) is 5.13 Å². The van der Waals surface area contributed by atoms with E-state index in [9.17, 15) is 0 Å². The number of rotatable bonds is 8. The number of aromatic nitrogens is 1. The Morgan fingerprint density at radius 2 is 1.77 bits per heavy atom. The molecule has 0 bridgehead atoms. The van der Waals surface area contributed by atoms with Gasteiger partial charge in [0.1, 0.15) is 11.3 Å². The van der Waals surface area contributed by atoms with Crippen LogP contribution in [0.4, 0.5) is 5.13 Å². The molecule has 3 nitrogen and oxygen atoms in total. The van der Waals surface area contributed by atoms with Crippen LogP contribution in [0.15, 0.2) is 34.7 Å². The summed E-state index contributed by atoms with van der Waals surface area (Å²) in [4.78, 5) is 6.33. The van der Waals surface area contributed by atoms with Crippen LogP contribution in [0, 0.1) is 11.8 Å². The number of fused-ring (bicyclic) bond motifs is 1. The molecule has 140 valence electrons. The Kier molecular flexibility index (Phi) is 6.02. The van der Waals surface area contributed by atoms with Crippen molar-refractivity contribution in [3.63, 3.8) is 0 Å². The summed E-state index contributed by atoms with van der Waals surface area (Å²) in [7, 11) is 0. The van der Waals surface area contributed by atoms with Crippen LogP contribution in [0.25, 0.3) is 11.0 Å². The summed E-state index contributed by atoms with van der Waals surface area (Å²) in [5.41, 5.74) is 2.24. The van der Waals surface area contributed by atoms with E-state index in [0.29, 0.717) is 17.8 Å². The molecular formula is C22H30N2OS. The van der Waals surface area contributed by atoms with Crippen LogP contribution in [-0.4, -0.2) is 11.5 Å². The standard InChI is InChI=1S/C22H30N2OS/c1-14(2)10-18-21(11-15(3)4)26-22(24-18)23-13-16(5)20-12-17-8-6-7-9-19(17)25-20/h6-9,12,14-16H,10-11,13H2,1-5H3,(H,23,24). The number of benzene rings is 1. The predicted molar refractivity (Wildman–Crippen MR) is 112 cm³/mol. The molecule has 1 N–H and O–H groups in total. The molecule has 0 spiro atoms. The number of nitrogens with zero attached hydrogens (tertiary/aromatic N) is 1. The first-order valence-electron chi connectivity index (χ1n) is 9.63. The first kappa shape index (κ1) is 19.0. The smallest absolute Gasteiger partial charge is 0.183 e. The van der Waals surface area contributed by atoms with E-state index in [-0.39, 0.29) is 0 Å². The quantitative estimate of drug-likeness (QED) is 0.491. The molecule has 0 saturated heterocycles. The molecule has 26 heavy (non-hydrogen) atoms. The van der Waals surface area contributed by atoms with Gasteiger partial charge in [0, 0.05) is 22.7 Å². The van der Waals surface area contributed by atoms with Crippen molar-refractivity contribution in [3.05, 3.63) is 46.7 Å². The molecule has 0 radical (unpaired) electrons. The highest BCUT2D eigenvalue weighted by atomic mass is 32.1. The third-order valence-electron chi connectivity index (χ3n) is 4.46. The molecule has 0 aliphatic carbocycles. The predicted octanol–water partition coefficient (Wildman–Crippen LogP) is 6.50. The lowest BCUT2D eigenvalue weighted by molar-refractivity contribution is 0.514. The molecule has 3 aromatic rings. The van der Waals surface area contributed by atoms with Gasteiger partial charge >= 0.3 is 0 Å². The Morgan fingerprint density at radius 3 is 2.46 bits per heavy atom. The van der Waals surface area contributed by atoms with Crippen molar-refractivity contribution >= 4 is 27.4 Å². The van der Waals surface area contributed by atoms with Gasteiger partial charge in [0.2, 0.25) is 0 Å². The van der Waals surface area contributed by atoms with Gasteiger partial charge in [0.05, 0.1) is 5.69 Å². The Bertz CT molecular complexity index is 786. The Balaban J connectivity index is 1.68. The largest absolute Gasteiger partial charge is 0.461 e. The Hall–Kier alpha value is -1.81. The number of thiazole rings is 1. The summed E-state index contributed by atoms with van der Waals surface area (Å²) in [6.45, 7) is 12.1. The SMILES string of the molecule is CC(C)Cc1nc(NCC(C)c2cc3ccccc3o2)sc1CC(C)C. The highest BCUT2D eigenvalue weighted by molar-refractivity contribution is 7.15. The summed E-state index contributed by atoms with van der Waals surface area (Å²) in [5, 5.41) is 5.75. The molecule has 1 aromatic carbocycles. The van der Waals surface area contributed by atoms with E-state index in [1.807, 2.05) is 29.5 Å². The van der Waals surface area contributed by atoms with Crippen molar-refractivity contribution in [3.8, 4) is 0 Å². The zero-order valence-electron chi connectivity index (χ0n) is 16.5. The van der Waals surface area contributed by atoms with Crippen LogP contribution >= 0.6 is 11.3 Å². The van der Waals surface area contributed by atoms with E-state index < -0.39 is 0 Å². The fourth-order valence-electron chi connectivity index (χ4n) is 3.12. The number of nitrogens with one attached hydrogen (secondary N) is 1. The molecule has 0 fully saturated rings. The number of para-hydroxylation sites is 1. The summed E-state index contributed by atoms with van der Waals surface area (Å²) >= 11 is 1.82. The molecule has 0 amide bonds. The molecule has 2 heterocycles. The average Bonchev–Trinajstić information content (AvgIpc) is 3.16. The van der Waals surface area contributed by atoms with Gasteiger partial charge in [-0.25, -0.2) is 4.98 Å². The number of anilines is 1. The van der Waals surface area contributed by atoms with Gasteiger partial charge in [-0.1, -0.05) is 52.8 Å². The molecule has 3 rings (SSSR count). The molecule has 1 unspecified atom stereocenters. The lowest BCUT2D eigenvalue weighted by Crippen LogP contribution is -2.09. The topological polar surface area (TPSA) is 38.1 Å². The second-order valence-corrected chi connectivity index (χ2v) is 9.14. The Labute approximate surface area is 160 Å². The molecule has 1 atom stereocenters. The minimum Gasteiger partial charge on any atom is -0.461 e. The summed E-state index contributed by atoms with van der Waals surface area (Å²) in [6.07, 6.45) is 2.17. The average molecular weight is 371 g/mol. The van der Waals surface area contributed by atoms with Crippen molar-refractivity contribution in [1.29, 1.82) is 0 Å². The van der Waals surface area contributed by atoms with E-state index >= 15 is 0 Å². The van der Waals surface area contributed by atoms with Crippen molar-refractivity contribution in [1.82, 2.24) is 4.98 Å². The van der Waals surface area contributed by atoms with Crippen LogP contribution in [0.2, 0.25) is 0 Å². The fraction of sp³-hybridized carbons (Fsp3) is 0.500. The van der Waals surface area contributed by atoms with Gasteiger partial charge < -0.3 is 9.73 Å². The van der Waals surface area contributed by atoms with E-state index in [1.165, 1.54) is 16.0 Å². The van der Waals surface area contributed by atoms with E-state index in [2.05, 4.69) is 52.1 Å². The maximum absolute atomic E-state index is 6.00. The molecule has 4 heteroatoms. The second-order valence-electron chi connectivity index (χ2n) is 8.05. The normalized spacial score (nSPS) is 13.0. The highest BCUT2D eigenvalue weighted by Crippen LogP contribution is 2.29. The van der Waals surface area contributed by atoms with Gasteiger partial charge in [-0.3, -0.25) is 0 Å². The van der Waals surface area contributed by atoms with Crippen LogP contribution < -0.4 is 5.32 Å². The Morgan fingerprint density at radius 1 is 1.04 bits per heavy atom. The van der Waals surface area contributed by atoms with E-state index in [1.54, 1.807) is 0 Å². The third kappa shape index (κ3) is 4.67. The first-order chi connectivity index (χ1) is 12.4. The second kappa shape index (κ2) is 8.26. The zero-order valence-corrected chi connectivity index (χ0v) is 17.3. The van der Waals surface area contributed by atoms with E-state index in [0.717, 1.165) is 35.9 Å². The summed E-state index contributed by atoms with van der Waals surface area (Å²) in [6, 6.07) is 10.3. The van der Waals surface area contributed by atoms with E-state index in [4.69, 9.17) is 9.40 Å². The van der Waals surface area contributed by atoms with Crippen molar-refractivity contribution in [2.24, 2.45) is 11.8 Å².